The number of anilines is 1. The second kappa shape index (κ2) is 10.6. The van der Waals surface area contributed by atoms with E-state index >= 15 is 0 Å². The lowest BCUT2D eigenvalue weighted by molar-refractivity contribution is 0.0767. The van der Waals surface area contributed by atoms with Crippen LogP contribution in [-0.4, -0.2) is 57.1 Å². The molecule has 0 saturated carbocycles. The van der Waals surface area contributed by atoms with Crippen LogP contribution in [0.2, 0.25) is 0 Å². The van der Waals surface area contributed by atoms with E-state index in [1.807, 2.05) is 17.0 Å². The second-order valence-electron chi connectivity index (χ2n) is 9.72. The summed E-state index contributed by atoms with van der Waals surface area (Å²) in [6, 6.07) is 17.8. The maximum atomic E-state index is 13.4. The van der Waals surface area contributed by atoms with Crippen molar-refractivity contribution in [3.63, 3.8) is 0 Å². The van der Waals surface area contributed by atoms with Gasteiger partial charge in [-0.3, -0.25) is 9.78 Å². The Kier molecular flexibility index (Phi) is 6.71. The van der Waals surface area contributed by atoms with E-state index in [9.17, 15) is 9.18 Å². The molecule has 4 heterocycles. The lowest BCUT2D eigenvalue weighted by Crippen LogP contribution is -2.35. The summed E-state index contributed by atoms with van der Waals surface area (Å²) in [6.07, 6.45) is 4.76. The molecule has 0 bridgehead atoms. The van der Waals surface area contributed by atoms with Crippen LogP contribution in [0.5, 0.6) is 0 Å². The number of aryl methyl sites for hydroxylation is 1. The highest BCUT2D eigenvalue weighted by Gasteiger charge is 2.26. The molecule has 0 unspecified atom stereocenters. The van der Waals surface area contributed by atoms with Crippen LogP contribution < -0.4 is 4.90 Å². The van der Waals surface area contributed by atoms with Crippen molar-refractivity contribution < 1.29 is 13.7 Å². The highest BCUT2D eigenvalue weighted by molar-refractivity contribution is 5.98. The van der Waals surface area contributed by atoms with Crippen molar-refractivity contribution in [1.29, 1.82) is 0 Å². The van der Waals surface area contributed by atoms with Crippen LogP contribution in [0.1, 0.15) is 33.7 Å². The highest BCUT2D eigenvalue weighted by Crippen LogP contribution is 2.34. The summed E-state index contributed by atoms with van der Waals surface area (Å²) in [4.78, 5) is 31.1. The Morgan fingerprint density at radius 2 is 1.79 bits per heavy atom. The molecule has 0 radical (unpaired) electrons. The molecule has 0 N–H and O–H groups in total. The first-order chi connectivity index (χ1) is 19.0. The first-order valence-electron chi connectivity index (χ1n) is 13.0. The maximum Gasteiger partial charge on any atom is 0.263 e. The van der Waals surface area contributed by atoms with E-state index in [0.717, 1.165) is 28.8 Å². The van der Waals surface area contributed by atoms with Crippen molar-refractivity contribution >= 4 is 22.8 Å². The van der Waals surface area contributed by atoms with E-state index in [4.69, 9.17) is 14.5 Å². The summed E-state index contributed by atoms with van der Waals surface area (Å²) in [5.74, 6) is 0.906. The highest BCUT2D eigenvalue weighted by atomic mass is 19.1. The Bertz CT molecular complexity index is 1600. The van der Waals surface area contributed by atoms with Gasteiger partial charge < -0.3 is 14.3 Å². The Labute approximate surface area is 225 Å². The standard InChI is InChI=1S/C30H27FN6O2/c1-20-5-7-21(8-6-20)18-25-33-28(26-27(35-39-29(26)34-25)23-4-2-13-32-19-23)36-14-3-15-37(17-16-36)30(38)22-9-11-24(31)12-10-22/h2,4-13,19H,3,14-18H2,1H3. The lowest BCUT2D eigenvalue weighted by atomic mass is 10.1. The summed E-state index contributed by atoms with van der Waals surface area (Å²) in [5.41, 5.74) is 4.65. The first-order valence-corrected chi connectivity index (χ1v) is 13.0. The number of pyridine rings is 1. The molecule has 1 aliphatic rings. The minimum Gasteiger partial charge on any atom is -0.354 e. The third kappa shape index (κ3) is 5.20. The number of fused-ring (bicyclic) bond motifs is 1. The molecule has 1 amide bonds. The zero-order valence-corrected chi connectivity index (χ0v) is 21.5. The van der Waals surface area contributed by atoms with Gasteiger partial charge in [0, 0.05) is 56.1 Å². The van der Waals surface area contributed by atoms with E-state index in [1.54, 1.807) is 12.4 Å². The Morgan fingerprint density at radius 1 is 0.974 bits per heavy atom. The largest absolute Gasteiger partial charge is 0.354 e. The van der Waals surface area contributed by atoms with Crippen LogP contribution in [0.4, 0.5) is 10.2 Å². The topological polar surface area (TPSA) is 88.3 Å². The van der Waals surface area contributed by atoms with Crippen molar-refractivity contribution in [1.82, 2.24) is 25.0 Å². The van der Waals surface area contributed by atoms with Crippen LogP contribution in [0.25, 0.3) is 22.4 Å². The molecule has 9 heteroatoms. The monoisotopic (exact) mass is 522 g/mol. The van der Waals surface area contributed by atoms with Gasteiger partial charge in [0.25, 0.3) is 11.6 Å². The van der Waals surface area contributed by atoms with Crippen molar-refractivity contribution in [2.45, 2.75) is 19.8 Å². The molecule has 0 spiro atoms. The summed E-state index contributed by atoms with van der Waals surface area (Å²) in [7, 11) is 0. The lowest BCUT2D eigenvalue weighted by Gasteiger charge is -2.24. The van der Waals surface area contributed by atoms with Gasteiger partial charge in [0.15, 0.2) is 0 Å². The van der Waals surface area contributed by atoms with Crippen LogP contribution in [0.15, 0.2) is 77.6 Å². The summed E-state index contributed by atoms with van der Waals surface area (Å²) >= 11 is 0. The third-order valence-corrected chi connectivity index (χ3v) is 6.95. The fraction of sp³-hybridized carbons (Fsp3) is 0.233. The van der Waals surface area contributed by atoms with Gasteiger partial charge in [-0.1, -0.05) is 35.0 Å². The molecule has 1 fully saturated rings. The SMILES string of the molecule is Cc1ccc(Cc2nc(N3CCCN(C(=O)c4ccc(F)cc4)CC3)c3c(-c4cccnc4)noc3n2)cc1. The van der Waals surface area contributed by atoms with Gasteiger partial charge in [-0.2, -0.15) is 4.98 Å². The van der Waals surface area contributed by atoms with Crippen LogP contribution in [-0.2, 0) is 6.42 Å². The predicted molar refractivity (Wildman–Crippen MR) is 146 cm³/mol. The summed E-state index contributed by atoms with van der Waals surface area (Å²) < 4.78 is 19.1. The molecule has 1 aliphatic heterocycles. The van der Waals surface area contributed by atoms with Crippen molar-refractivity contribution in [2.24, 2.45) is 0 Å². The van der Waals surface area contributed by atoms with Gasteiger partial charge in [-0.25, -0.2) is 9.37 Å². The number of rotatable bonds is 5. The molecule has 0 aliphatic carbocycles. The van der Waals surface area contributed by atoms with Crippen molar-refractivity contribution in [3.8, 4) is 11.3 Å². The molecule has 0 atom stereocenters. The Balaban J connectivity index is 1.35. The fourth-order valence-electron chi connectivity index (χ4n) is 4.88. The molecular formula is C30H27FN6O2. The third-order valence-electron chi connectivity index (χ3n) is 6.95. The van der Waals surface area contributed by atoms with Gasteiger partial charge >= 0.3 is 0 Å². The Morgan fingerprint density at radius 3 is 2.56 bits per heavy atom. The number of benzene rings is 2. The number of amides is 1. The van der Waals surface area contributed by atoms with E-state index in [1.165, 1.54) is 29.8 Å². The molecule has 39 heavy (non-hydrogen) atoms. The number of hydrogen-bond acceptors (Lipinski definition) is 7. The zero-order valence-electron chi connectivity index (χ0n) is 21.5. The molecule has 196 valence electrons. The van der Waals surface area contributed by atoms with Crippen molar-refractivity contribution in [3.05, 3.63) is 101 Å². The maximum absolute atomic E-state index is 13.4. The van der Waals surface area contributed by atoms with Gasteiger partial charge in [0.1, 0.15) is 28.5 Å². The summed E-state index contributed by atoms with van der Waals surface area (Å²) in [6.45, 7) is 4.42. The zero-order chi connectivity index (χ0) is 26.8. The van der Waals surface area contributed by atoms with Crippen LogP contribution >= 0.6 is 0 Å². The average Bonchev–Trinajstić information content (AvgIpc) is 3.23. The fourth-order valence-corrected chi connectivity index (χ4v) is 4.88. The average molecular weight is 523 g/mol. The van der Waals surface area contributed by atoms with Crippen molar-refractivity contribution in [2.75, 3.05) is 31.1 Å². The number of nitrogens with zero attached hydrogens (tertiary/aromatic N) is 6. The molecule has 5 aromatic rings. The molecule has 8 nitrogen and oxygen atoms in total. The van der Waals surface area contributed by atoms with E-state index in [-0.39, 0.29) is 11.7 Å². The number of aromatic nitrogens is 4. The van der Waals surface area contributed by atoms with Gasteiger partial charge in [-0.05, 0) is 55.3 Å². The number of halogens is 1. The second-order valence-corrected chi connectivity index (χ2v) is 9.72. The minimum atomic E-state index is -0.360. The van der Waals surface area contributed by atoms with E-state index < -0.39 is 0 Å². The normalized spacial score (nSPS) is 14.0. The number of hydrogen-bond donors (Lipinski definition) is 0. The van der Waals surface area contributed by atoms with E-state index in [0.29, 0.717) is 55.4 Å². The first kappa shape index (κ1) is 24.7. The van der Waals surface area contributed by atoms with Gasteiger partial charge in [0.2, 0.25) is 0 Å². The van der Waals surface area contributed by atoms with E-state index in [2.05, 4.69) is 46.2 Å². The van der Waals surface area contributed by atoms with Gasteiger partial charge in [0.05, 0.1) is 0 Å². The molecule has 3 aromatic heterocycles. The summed E-state index contributed by atoms with van der Waals surface area (Å²) in [5, 5.41) is 5.09. The van der Waals surface area contributed by atoms with Crippen LogP contribution in [0, 0.1) is 12.7 Å². The molecule has 6 rings (SSSR count). The smallest absolute Gasteiger partial charge is 0.263 e. The van der Waals surface area contributed by atoms with Gasteiger partial charge in [-0.15, -0.1) is 0 Å². The quantitative estimate of drug-likeness (QED) is 0.318. The minimum absolute atomic E-state index is 0.106. The predicted octanol–water partition coefficient (Wildman–Crippen LogP) is 5.07. The molecule has 2 aromatic carbocycles. The molecular weight excluding hydrogens is 495 g/mol. The Hall–Kier alpha value is -4.66. The van der Waals surface area contributed by atoms with Crippen LogP contribution in [0.3, 0.4) is 0 Å². The number of carbonyl (C=O) groups is 1. The number of carbonyl (C=O) groups excluding carboxylic acids is 1. The molecule has 1 saturated heterocycles.